The third-order valence-electron chi connectivity index (χ3n) is 3.22. The molecule has 0 aromatic carbocycles. The number of piperidine rings is 1. The van der Waals surface area contributed by atoms with E-state index in [-0.39, 0.29) is 11.0 Å². The standard InChI is InChI=1S/C10H12N4O/c1-6-8(3-11)7(2)14(15)10(5-13)9(6)4-12/h6-10,14H,1-2H3. The van der Waals surface area contributed by atoms with Gasteiger partial charge in [-0.15, -0.1) is 0 Å². The summed E-state index contributed by atoms with van der Waals surface area (Å²) in [6, 6.07) is 4.60. The highest BCUT2D eigenvalue weighted by molar-refractivity contribution is 5.09. The second-order valence-electron chi connectivity index (χ2n) is 3.97. The van der Waals surface area contributed by atoms with Gasteiger partial charge in [0.25, 0.3) is 0 Å². The molecule has 0 aromatic heterocycles. The van der Waals surface area contributed by atoms with Crippen LogP contribution in [0.4, 0.5) is 0 Å². The first kappa shape index (κ1) is 11.5. The molecule has 0 bridgehead atoms. The molecule has 1 rings (SSSR count). The molecule has 1 heterocycles. The fourth-order valence-electron chi connectivity index (χ4n) is 2.18. The Morgan fingerprint density at radius 2 is 1.53 bits per heavy atom. The molecule has 5 nitrogen and oxygen atoms in total. The molecule has 0 saturated carbocycles. The fourth-order valence-corrected chi connectivity index (χ4v) is 2.18. The SMILES string of the molecule is CC1C(C#N)C(C)[NH+]([O-])C(C#N)C1C#N. The summed E-state index contributed by atoms with van der Waals surface area (Å²) in [4.78, 5) is 0. The van der Waals surface area contributed by atoms with E-state index in [4.69, 9.17) is 15.8 Å². The van der Waals surface area contributed by atoms with E-state index < -0.39 is 23.9 Å². The highest BCUT2D eigenvalue weighted by Gasteiger charge is 2.46. The molecule has 0 spiro atoms. The molecule has 1 aliphatic rings. The molecule has 0 amide bonds. The first-order valence-electron chi connectivity index (χ1n) is 4.81. The number of nitrogens with one attached hydrogen (secondary N) is 1. The summed E-state index contributed by atoms with van der Waals surface area (Å²) in [7, 11) is 0. The van der Waals surface area contributed by atoms with Crippen molar-refractivity contribution in [3.05, 3.63) is 5.21 Å². The van der Waals surface area contributed by atoms with Crippen LogP contribution in [0.1, 0.15) is 13.8 Å². The minimum absolute atomic E-state index is 0.225. The van der Waals surface area contributed by atoms with Gasteiger partial charge in [-0.3, -0.25) is 0 Å². The predicted octanol–water partition coefficient (Wildman–Crippen LogP) is -0.421. The second-order valence-corrected chi connectivity index (χ2v) is 3.97. The molecule has 1 aliphatic heterocycles. The van der Waals surface area contributed by atoms with Crippen molar-refractivity contribution < 1.29 is 5.06 Å². The van der Waals surface area contributed by atoms with Gasteiger partial charge in [-0.2, -0.15) is 15.8 Å². The minimum atomic E-state index is -0.871. The number of nitriles is 3. The van der Waals surface area contributed by atoms with Crippen molar-refractivity contribution in [1.82, 2.24) is 0 Å². The molecular formula is C10H12N4O. The lowest BCUT2D eigenvalue weighted by Gasteiger charge is -2.44. The van der Waals surface area contributed by atoms with E-state index in [2.05, 4.69) is 6.07 Å². The van der Waals surface area contributed by atoms with Crippen LogP contribution in [0.3, 0.4) is 0 Å². The lowest BCUT2D eigenvalue weighted by Crippen LogP contribution is -3.17. The van der Waals surface area contributed by atoms with Crippen molar-refractivity contribution in [3.8, 4) is 18.2 Å². The maximum atomic E-state index is 11.7. The van der Waals surface area contributed by atoms with Gasteiger partial charge in [0, 0.05) is 5.92 Å². The molecule has 6 atom stereocenters. The minimum Gasteiger partial charge on any atom is -0.633 e. The summed E-state index contributed by atoms with van der Waals surface area (Å²) in [6.07, 6.45) is 0. The summed E-state index contributed by atoms with van der Waals surface area (Å²) in [5.41, 5.74) is 0. The molecule has 1 fully saturated rings. The lowest BCUT2D eigenvalue weighted by molar-refractivity contribution is -0.905. The molecule has 0 aromatic rings. The molecular weight excluding hydrogens is 192 g/mol. The van der Waals surface area contributed by atoms with Crippen molar-refractivity contribution in [2.75, 3.05) is 0 Å². The van der Waals surface area contributed by atoms with Gasteiger partial charge in [0.05, 0.1) is 12.1 Å². The van der Waals surface area contributed by atoms with Crippen LogP contribution in [0.5, 0.6) is 0 Å². The Labute approximate surface area is 88.7 Å². The van der Waals surface area contributed by atoms with Crippen LogP contribution in [0.15, 0.2) is 0 Å². The van der Waals surface area contributed by atoms with Crippen molar-refractivity contribution >= 4 is 0 Å². The smallest absolute Gasteiger partial charge is 0.191 e. The lowest BCUT2D eigenvalue weighted by atomic mass is 9.73. The summed E-state index contributed by atoms with van der Waals surface area (Å²) in [5.74, 6) is -1.33. The van der Waals surface area contributed by atoms with Gasteiger partial charge in [-0.1, -0.05) is 6.92 Å². The van der Waals surface area contributed by atoms with E-state index in [0.717, 1.165) is 0 Å². The van der Waals surface area contributed by atoms with E-state index in [9.17, 15) is 5.21 Å². The van der Waals surface area contributed by atoms with E-state index in [1.165, 1.54) is 0 Å². The first-order valence-corrected chi connectivity index (χ1v) is 4.81. The Kier molecular flexibility index (Phi) is 3.27. The van der Waals surface area contributed by atoms with E-state index >= 15 is 0 Å². The molecule has 1 N–H and O–H groups in total. The Balaban J connectivity index is 3.07. The zero-order valence-electron chi connectivity index (χ0n) is 8.64. The Morgan fingerprint density at radius 3 is 1.93 bits per heavy atom. The quantitative estimate of drug-likeness (QED) is 0.541. The van der Waals surface area contributed by atoms with Gasteiger partial charge in [0.15, 0.2) is 6.04 Å². The van der Waals surface area contributed by atoms with Gasteiger partial charge >= 0.3 is 0 Å². The van der Waals surface area contributed by atoms with Crippen molar-refractivity contribution in [2.24, 2.45) is 17.8 Å². The number of hydroxylamine groups is 2. The van der Waals surface area contributed by atoms with Crippen molar-refractivity contribution in [3.63, 3.8) is 0 Å². The number of hydrogen-bond donors (Lipinski definition) is 1. The fraction of sp³-hybridized carbons (Fsp3) is 0.700. The van der Waals surface area contributed by atoms with E-state index in [1.807, 2.05) is 12.1 Å². The molecule has 5 heteroatoms. The largest absolute Gasteiger partial charge is 0.633 e. The summed E-state index contributed by atoms with van der Waals surface area (Å²) >= 11 is 0. The zero-order valence-corrected chi connectivity index (χ0v) is 8.64. The van der Waals surface area contributed by atoms with Gasteiger partial charge in [0.2, 0.25) is 0 Å². The first-order chi connectivity index (χ1) is 7.08. The Morgan fingerprint density at radius 1 is 1.00 bits per heavy atom. The summed E-state index contributed by atoms with van der Waals surface area (Å²) < 4.78 is 0. The molecule has 0 radical (unpaired) electrons. The average Bonchev–Trinajstić information content (AvgIpc) is 2.23. The number of hydrogen-bond acceptors (Lipinski definition) is 4. The van der Waals surface area contributed by atoms with Crippen LogP contribution >= 0.6 is 0 Å². The summed E-state index contributed by atoms with van der Waals surface area (Å²) in [5, 5.41) is 38.1. The third-order valence-corrected chi connectivity index (χ3v) is 3.22. The maximum Gasteiger partial charge on any atom is 0.191 e. The van der Waals surface area contributed by atoms with Gasteiger partial charge in [-0.25, -0.2) is 0 Å². The Hall–Kier alpha value is -1.61. The van der Waals surface area contributed by atoms with E-state index in [1.54, 1.807) is 13.8 Å². The molecule has 1 saturated heterocycles. The topological polar surface area (TPSA) is 98.9 Å². The van der Waals surface area contributed by atoms with Crippen LogP contribution in [-0.4, -0.2) is 12.1 Å². The van der Waals surface area contributed by atoms with Crippen LogP contribution in [0.2, 0.25) is 0 Å². The average molecular weight is 204 g/mol. The van der Waals surface area contributed by atoms with E-state index in [0.29, 0.717) is 0 Å². The van der Waals surface area contributed by atoms with Crippen molar-refractivity contribution in [1.29, 1.82) is 15.8 Å². The molecule has 6 unspecified atom stereocenters. The monoisotopic (exact) mass is 204 g/mol. The second kappa shape index (κ2) is 4.28. The number of quaternary nitrogens is 1. The highest BCUT2D eigenvalue weighted by atomic mass is 16.5. The highest BCUT2D eigenvalue weighted by Crippen LogP contribution is 2.27. The van der Waals surface area contributed by atoms with Crippen LogP contribution in [0, 0.1) is 57.0 Å². The van der Waals surface area contributed by atoms with Crippen molar-refractivity contribution in [2.45, 2.75) is 25.9 Å². The van der Waals surface area contributed by atoms with Crippen LogP contribution < -0.4 is 5.06 Å². The number of nitrogens with zero attached hydrogens (tertiary/aromatic N) is 3. The molecule has 78 valence electrons. The zero-order chi connectivity index (χ0) is 11.6. The van der Waals surface area contributed by atoms with Crippen LogP contribution in [-0.2, 0) is 0 Å². The normalized spacial score (nSPS) is 44.8. The summed E-state index contributed by atoms with van der Waals surface area (Å²) in [6.45, 7) is 3.42. The third kappa shape index (κ3) is 1.66. The van der Waals surface area contributed by atoms with Crippen LogP contribution in [0.25, 0.3) is 0 Å². The maximum absolute atomic E-state index is 11.7. The molecule has 0 aliphatic carbocycles. The Bertz CT molecular complexity index is 361. The predicted molar refractivity (Wildman–Crippen MR) is 50.6 cm³/mol. The molecule has 15 heavy (non-hydrogen) atoms. The number of rotatable bonds is 0. The van der Waals surface area contributed by atoms with Gasteiger partial charge in [-0.05, 0) is 6.92 Å². The van der Waals surface area contributed by atoms with Gasteiger partial charge < -0.3 is 10.3 Å². The van der Waals surface area contributed by atoms with Gasteiger partial charge in [0.1, 0.15) is 23.9 Å².